The van der Waals surface area contributed by atoms with Gasteiger partial charge in [0.15, 0.2) is 11.7 Å². The van der Waals surface area contributed by atoms with Gasteiger partial charge >= 0.3 is 0 Å². The number of nitrogens with two attached hydrogens (primary N) is 1. The summed E-state index contributed by atoms with van der Waals surface area (Å²) in [6.45, 7) is 16.5. The maximum absolute atomic E-state index is 14.5. The SMILES string of the molecule is CC.CC.CC(C)O.Cc1cc(C(=O)Nc2ccc(F)c(C3N=C(N)N(C)C(=O)C3(C)C)c2)no1. The number of hydrogen-bond acceptors (Lipinski definition) is 7. The standard InChI is InChI=1S/C18H20FN5O3.C3H8O.2C2H6/c1-9-7-13(23-27-9)15(25)21-10-5-6-12(19)11(8-10)14-18(2,3)16(26)24(4)17(20)22-14;1-3(2)4;2*1-2/h5-8,14H,1-4H3,(H2,20,22)(H,21,25);3-4H,1-2H3;2*1-2H3. The number of aliphatic hydroxyl groups is 1. The van der Waals surface area contributed by atoms with Crippen LogP contribution in [0.5, 0.6) is 0 Å². The van der Waals surface area contributed by atoms with Crippen LogP contribution in [-0.2, 0) is 4.79 Å². The molecule has 1 aromatic heterocycles. The summed E-state index contributed by atoms with van der Waals surface area (Å²) in [7, 11) is 1.52. The van der Waals surface area contributed by atoms with Crippen molar-refractivity contribution in [2.45, 2.75) is 74.5 Å². The number of amides is 2. The topological polar surface area (TPSA) is 134 Å². The van der Waals surface area contributed by atoms with Crippen molar-refractivity contribution in [3.63, 3.8) is 0 Å². The molecule has 2 amide bonds. The summed E-state index contributed by atoms with van der Waals surface area (Å²) in [6.07, 6.45) is -0.167. The molecule has 0 aliphatic carbocycles. The summed E-state index contributed by atoms with van der Waals surface area (Å²) >= 11 is 0. The quantitative estimate of drug-likeness (QED) is 0.569. The fourth-order valence-electron chi connectivity index (χ4n) is 2.99. The predicted molar refractivity (Wildman–Crippen MR) is 137 cm³/mol. The fourth-order valence-corrected chi connectivity index (χ4v) is 2.99. The first-order chi connectivity index (χ1) is 16.3. The summed E-state index contributed by atoms with van der Waals surface area (Å²) in [5.74, 6) is -0.803. The molecule has 1 aromatic carbocycles. The van der Waals surface area contributed by atoms with Crippen molar-refractivity contribution in [3.05, 3.63) is 47.1 Å². The van der Waals surface area contributed by atoms with Gasteiger partial charge in [-0.2, -0.15) is 0 Å². The number of aromatic nitrogens is 1. The van der Waals surface area contributed by atoms with Gasteiger partial charge < -0.3 is 20.7 Å². The summed E-state index contributed by atoms with van der Waals surface area (Å²) < 4.78 is 19.4. The molecule has 1 atom stereocenters. The van der Waals surface area contributed by atoms with Crippen molar-refractivity contribution in [2.75, 3.05) is 12.4 Å². The van der Waals surface area contributed by atoms with E-state index in [1.165, 1.54) is 36.2 Å². The van der Waals surface area contributed by atoms with E-state index in [1.54, 1.807) is 34.6 Å². The minimum atomic E-state index is -1.01. The highest BCUT2D eigenvalue weighted by Crippen LogP contribution is 2.42. The largest absolute Gasteiger partial charge is 0.394 e. The Balaban J connectivity index is 0.00000129. The van der Waals surface area contributed by atoms with Gasteiger partial charge in [0, 0.05) is 30.5 Å². The number of anilines is 1. The van der Waals surface area contributed by atoms with Crippen LogP contribution in [0.3, 0.4) is 0 Å². The van der Waals surface area contributed by atoms with Crippen molar-refractivity contribution in [1.29, 1.82) is 0 Å². The Morgan fingerprint density at radius 1 is 1.23 bits per heavy atom. The molecule has 196 valence electrons. The molecule has 0 bridgehead atoms. The molecule has 10 heteroatoms. The summed E-state index contributed by atoms with van der Waals surface area (Å²) in [5.41, 5.74) is 5.41. The maximum atomic E-state index is 14.5. The maximum Gasteiger partial charge on any atom is 0.277 e. The normalized spacial score (nSPS) is 16.0. The molecular formula is C25H40FN5O4. The molecule has 2 heterocycles. The van der Waals surface area contributed by atoms with Crippen molar-refractivity contribution in [2.24, 2.45) is 16.1 Å². The van der Waals surface area contributed by atoms with Crippen LogP contribution in [0.15, 0.2) is 33.8 Å². The van der Waals surface area contributed by atoms with Gasteiger partial charge in [-0.25, -0.2) is 9.38 Å². The van der Waals surface area contributed by atoms with Crippen LogP contribution in [-0.4, -0.2) is 46.1 Å². The summed E-state index contributed by atoms with van der Waals surface area (Å²) in [5, 5.41) is 14.3. The number of hydrogen-bond donors (Lipinski definition) is 3. The number of nitrogens with zero attached hydrogens (tertiary/aromatic N) is 3. The molecule has 1 unspecified atom stereocenters. The third-order valence-electron chi connectivity index (χ3n) is 4.55. The molecular weight excluding hydrogens is 453 g/mol. The molecule has 9 nitrogen and oxygen atoms in total. The Labute approximate surface area is 207 Å². The van der Waals surface area contributed by atoms with Crippen LogP contribution in [0.2, 0.25) is 0 Å². The van der Waals surface area contributed by atoms with Gasteiger partial charge in [-0.05, 0) is 52.8 Å². The number of benzene rings is 1. The molecule has 4 N–H and O–H groups in total. The van der Waals surface area contributed by atoms with E-state index < -0.39 is 23.2 Å². The van der Waals surface area contributed by atoms with E-state index in [2.05, 4.69) is 15.5 Å². The van der Waals surface area contributed by atoms with E-state index in [4.69, 9.17) is 15.4 Å². The van der Waals surface area contributed by atoms with Gasteiger partial charge in [-0.15, -0.1) is 0 Å². The Bertz CT molecular complexity index is 999. The highest BCUT2D eigenvalue weighted by Gasteiger charge is 2.45. The van der Waals surface area contributed by atoms with Crippen molar-refractivity contribution in [1.82, 2.24) is 10.1 Å². The van der Waals surface area contributed by atoms with Gasteiger partial charge in [0.1, 0.15) is 11.6 Å². The second kappa shape index (κ2) is 14.2. The molecule has 35 heavy (non-hydrogen) atoms. The molecule has 2 aromatic rings. The van der Waals surface area contributed by atoms with E-state index in [9.17, 15) is 14.0 Å². The number of halogens is 1. The third kappa shape index (κ3) is 8.47. The van der Waals surface area contributed by atoms with E-state index in [-0.39, 0.29) is 29.2 Å². The Kier molecular flexibility index (Phi) is 12.9. The van der Waals surface area contributed by atoms with Crippen LogP contribution in [0.4, 0.5) is 10.1 Å². The van der Waals surface area contributed by atoms with Crippen LogP contribution < -0.4 is 11.1 Å². The molecule has 1 aliphatic heterocycles. The average molecular weight is 494 g/mol. The number of aliphatic hydroxyl groups excluding tert-OH is 1. The molecule has 3 rings (SSSR count). The lowest BCUT2D eigenvalue weighted by Crippen LogP contribution is -2.51. The minimum Gasteiger partial charge on any atom is -0.394 e. The molecule has 0 saturated carbocycles. The van der Waals surface area contributed by atoms with Crippen molar-refractivity contribution in [3.8, 4) is 0 Å². The lowest BCUT2D eigenvalue weighted by atomic mass is 9.78. The smallest absolute Gasteiger partial charge is 0.277 e. The van der Waals surface area contributed by atoms with Crippen molar-refractivity contribution < 1.29 is 23.6 Å². The third-order valence-corrected chi connectivity index (χ3v) is 4.55. The first kappa shape index (κ1) is 31.7. The van der Waals surface area contributed by atoms with Crippen molar-refractivity contribution >= 4 is 23.5 Å². The summed E-state index contributed by atoms with van der Waals surface area (Å²) in [4.78, 5) is 30.3. The fraction of sp³-hybridized carbons (Fsp3) is 0.520. The first-order valence-corrected chi connectivity index (χ1v) is 11.7. The zero-order chi connectivity index (χ0) is 27.5. The van der Waals surface area contributed by atoms with Crippen LogP contribution in [0, 0.1) is 18.2 Å². The zero-order valence-electron chi connectivity index (χ0n) is 22.4. The van der Waals surface area contributed by atoms with E-state index in [1.807, 2.05) is 27.7 Å². The Morgan fingerprint density at radius 3 is 2.26 bits per heavy atom. The molecule has 0 radical (unpaired) electrons. The van der Waals surface area contributed by atoms with Gasteiger partial charge in [-0.1, -0.05) is 32.9 Å². The van der Waals surface area contributed by atoms with E-state index in [0.717, 1.165) is 0 Å². The van der Waals surface area contributed by atoms with Gasteiger partial charge in [0.05, 0.1) is 11.5 Å². The lowest BCUT2D eigenvalue weighted by molar-refractivity contribution is -0.137. The van der Waals surface area contributed by atoms with Crippen LogP contribution >= 0.6 is 0 Å². The molecule has 0 fully saturated rings. The number of rotatable bonds is 3. The summed E-state index contributed by atoms with van der Waals surface area (Å²) in [6, 6.07) is 4.74. The molecule has 0 spiro atoms. The monoisotopic (exact) mass is 493 g/mol. The lowest BCUT2D eigenvalue weighted by Gasteiger charge is -2.38. The van der Waals surface area contributed by atoms with Gasteiger partial charge in [-0.3, -0.25) is 14.5 Å². The highest BCUT2D eigenvalue weighted by molar-refractivity contribution is 6.03. The number of nitrogens with one attached hydrogen (secondary N) is 1. The predicted octanol–water partition coefficient (Wildman–Crippen LogP) is 4.67. The number of carbonyl (C=O) groups is 2. The van der Waals surface area contributed by atoms with Crippen LogP contribution in [0.1, 0.15) is 83.2 Å². The van der Waals surface area contributed by atoms with Gasteiger partial charge in [0.25, 0.3) is 5.91 Å². The molecule has 1 aliphatic rings. The number of aliphatic imine (C=N–C) groups is 1. The minimum absolute atomic E-state index is 0.0104. The van der Waals surface area contributed by atoms with Crippen LogP contribution in [0.25, 0.3) is 0 Å². The highest BCUT2D eigenvalue weighted by atomic mass is 19.1. The Morgan fingerprint density at radius 2 is 1.77 bits per heavy atom. The molecule has 0 saturated heterocycles. The Hall–Kier alpha value is -3.27. The zero-order valence-corrected chi connectivity index (χ0v) is 22.4. The van der Waals surface area contributed by atoms with E-state index >= 15 is 0 Å². The second-order valence-electron chi connectivity index (χ2n) is 8.08. The number of guanidine groups is 1. The average Bonchev–Trinajstić information content (AvgIpc) is 3.25. The van der Waals surface area contributed by atoms with E-state index in [0.29, 0.717) is 11.4 Å². The number of carbonyl (C=O) groups excluding carboxylic acids is 2. The number of aryl methyl sites for hydroxylation is 1. The van der Waals surface area contributed by atoms with Gasteiger partial charge in [0.2, 0.25) is 5.91 Å². The second-order valence-corrected chi connectivity index (χ2v) is 8.08. The first-order valence-electron chi connectivity index (χ1n) is 11.7.